The normalized spacial score (nSPS) is 14.8. The number of amides is 2. The maximum atomic E-state index is 15.4. The first-order valence-electron chi connectivity index (χ1n) is 35.3. The summed E-state index contributed by atoms with van der Waals surface area (Å²) in [7, 11) is 0.917. The average Bonchev–Trinajstić information content (AvgIpc) is 1.73. The number of alkyl halides is 3. The number of anilines is 1. The number of ketones is 2. The summed E-state index contributed by atoms with van der Waals surface area (Å²) < 4.78 is 71.6. The predicted octanol–water partition coefficient (Wildman–Crippen LogP) is 14.0. The molecule has 6 N–H and O–H groups in total. The molecule has 3 aliphatic heterocycles. The summed E-state index contributed by atoms with van der Waals surface area (Å²) in [5.41, 5.74) is 5.93. The number of esters is 2. The number of imidazole rings is 3. The molecule has 117 heavy (non-hydrogen) atoms. The Bertz CT molecular complexity index is 5510. The van der Waals surface area contributed by atoms with E-state index in [-0.39, 0.29) is 130 Å². The van der Waals surface area contributed by atoms with Gasteiger partial charge in [-0.2, -0.15) is 13.5 Å². The van der Waals surface area contributed by atoms with Crippen molar-refractivity contribution < 1.29 is 65.7 Å². The van der Waals surface area contributed by atoms with E-state index in [2.05, 4.69) is 86.3 Å². The molecule has 0 aliphatic carbocycles. The summed E-state index contributed by atoms with van der Waals surface area (Å²) in [6.45, 7) is 10.1. The van der Waals surface area contributed by atoms with Gasteiger partial charge in [-0.15, -0.1) is 12.4 Å². The number of aromatic amines is 3. The summed E-state index contributed by atoms with van der Waals surface area (Å²) in [4.78, 5) is 127. The van der Waals surface area contributed by atoms with Gasteiger partial charge < -0.3 is 45.1 Å². The minimum Gasteiger partial charge on any atom is -0.480 e. The Morgan fingerprint density at radius 1 is 0.547 bits per heavy atom. The van der Waals surface area contributed by atoms with Gasteiger partial charge in [-0.05, 0) is 113 Å². The van der Waals surface area contributed by atoms with Crippen LogP contribution < -0.4 is 27.7 Å². The summed E-state index contributed by atoms with van der Waals surface area (Å²) in [5.74, 6) is -3.83. The highest BCUT2D eigenvalue weighted by molar-refractivity contribution is 9.09. The largest absolute Gasteiger partial charge is 0.480 e. The topological polar surface area (TPSA) is 299 Å². The number of carboxylic acid groups (broad SMARTS) is 1. The van der Waals surface area contributed by atoms with E-state index in [9.17, 15) is 61.1 Å². The zero-order valence-corrected chi connectivity index (χ0v) is 72.6. The van der Waals surface area contributed by atoms with Crippen LogP contribution in [0.25, 0.3) is 55.4 Å². The maximum absolute atomic E-state index is 15.4. The fourth-order valence-corrected chi connectivity index (χ4v) is 12.9. The van der Waals surface area contributed by atoms with Crippen LogP contribution in [0.3, 0.4) is 0 Å². The van der Waals surface area contributed by atoms with Crippen molar-refractivity contribution in [2.45, 2.75) is 129 Å². The van der Waals surface area contributed by atoms with Gasteiger partial charge in [-0.25, -0.2) is 31.9 Å². The molecular formula is C81H83BrCl3F4N9O13S6. The minimum atomic E-state index is -1.39. The SMILES string of the molecule is CC(C)(C)OC(=O)CBr.CC(C)(C)OC(=O)Cn1c(=O)[nH]c2ccccc21.Cl.O=C(Cc1cccc(-c2ccccc2Cl)c1F)[C@@H]1C[C@@H](F)CN1.O=C(Cc1cccc(-c2ccccc2Cl)c1F)[C@@H]1C[C@@H](F)CN1C(=O)Cn1c(=O)[nH]c2ccccc21.O=C(O)Cn1c(=O)[nH]c2ccccc21.O=C1Cc2ccccc2N1.S.S=S.S=S=S. The van der Waals surface area contributed by atoms with Crippen molar-refractivity contribution in [2.75, 3.05) is 23.7 Å². The number of halogens is 8. The standard InChI is InChI=1S/C27H22ClF2N3O3.C18H16ClF2NO.C13H16N2O3.C9H8N2O3.C8H7NO.C6H11BrO2.ClH.S3.S2.H2S/c28-20-9-2-1-7-18(20)19-8-5-6-16(26(19)30)12-24(34)23-13-17(29)14-32(23)25(35)15-33-22-11-4-3-10-21(22)31-27(33)36;19-15-7-2-1-5-13(15)14-6-3-4-11(18(14)21)8-17(23)16-9-12(20)10-22-16;1-13(2,3)18-11(16)8-15-10-7-5-4-6-9(10)14-12(15)17;12-8(13)5-11-7-4-2-1-3-6(7)10-9(11)14;10-8-5-6-3-1-2-4-7(6)9-8;1-6(2,3)9-5(8)4-7;;1-3-2;1-2;/h1-11,17,23H,12-15H2,(H,31,36);1-7,12,16,22H,8-10H2;4-7H,8H2,1-3H3,(H,14,17);1-4H,5H2,(H,10,14)(H,12,13);1-4H,5H2,(H,9,10);4H2,1-3H3;1H;;;1H2/t17-,23+;12-,16+;;;;;;;;/m11......../s1. The zero-order chi connectivity index (χ0) is 84.4. The van der Waals surface area contributed by atoms with E-state index in [0.717, 1.165) is 25.0 Å². The molecule has 22 nitrogen and oxygen atoms in total. The second kappa shape index (κ2) is 46.8. The van der Waals surface area contributed by atoms with Crippen LogP contribution in [-0.2, 0) is 136 Å². The molecule has 2 fully saturated rings. The summed E-state index contributed by atoms with van der Waals surface area (Å²) in [5, 5.41) is 15.3. The van der Waals surface area contributed by atoms with Crippen molar-refractivity contribution >= 4 is 199 Å². The molecule has 3 aliphatic rings. The van der Waals surface area contributed by atoms with Crippen molar-refractivity contribution in [3.05, 3.63) is 252 Å². The van der Waals surface area contributed by atoms with Gasteiger partial charge in [0.1, 0.15) is 60.1 Å². The van der Waals surface area contributed by atoms with Crippen LogP contribution in [0.15, 0.2) is 196 Å². The lowest BCUT2D eigenvalue weighted by molar-refractivity contribution is -0.155. The molecule has 0 radical (unpaired) electrons. The maximum Gasteiger partial charge on any atom is 0.327 e. The highest BCUT2D eigenvalue weighted by Gasteiger charge is 2.40. The van der Waals surface area contributed by atoms with E-state index in [0.29, 0.717) is 71.8 Å². The van der Waals surface area contributed by atoms with Crippen molar-refractivity contribution in [3.63, 3.8) is 0 Å². The van der Waals surface area contributed by atoms with E-state index < -0.39 is 76.7 Å². The Hall–Kier alpha value is -9.26. The average molecular weight is 1850 g/mol. The summed E-state index contributed by atoms with van der Waals surface area (Å²) in [6.07, 6.45) is -2.24. The van der Waals surface area contributed by atoms with Crippen molar-refractivity contribution in [2.24, 2.45) is 0 Å². The number of para-hydroxylation sites is 7. The number of H-pyrrole nitrogens is 3. The first kappa shape index (κ1) is 98.3. The van der Waals surface area contributed by atoms with Crippen molar-refractivity contribution in [3.8, 4) is 22.3 Å². The second-order valence-corrected chi connectivity index (χ2v) is 30.9. The number of benzene rings is 8. The van der Waals surface area contributed by atoms with E-state index in [1.165, 1.54) is 19.8 Å². The molecule has 11 aromatic rings. The quantitative estimate of drug-likeness (QED) is 0.0316. The predicted molar refractivity (Wildman–Crippen MR) is 471 cm³/mol. The van der Waals surface area contributed by atoms with Crippen LogP contribution in [0.2, 0.25) is 10.0 Å². The third kappa shape index (κ3) is 28.8. The lowest BCUT2D eigenvalue weighted by Crippen LogP contribution is -2.43. The fraction of sp³-hybridized carbons (Fsp3) is 0.284. The second-order valence-electron chi connectivity index (χ2n) is 27.7. The van der Waals surface area contributed by atoms with Crippen LogP contribution in [0.4, 0.5) is 23.2 Å². The monoisotopic (exact) mass is 1840 g/mol. The van der Waals surface area contributed by atoms with Gasteiger partial charge in [0.15, 0.2) is 11.6 Å². The van der Waals surface area contributed by atoms with Gasteiger partial charge in [-0.1, -0.05) is 167 Å². The minimum absolute atomic E-state index is 0. The zero-order valence-electron chi connectivity index (χ0n) is 63.6. The Morgan fingerprint density at radius 2 is 0.949 bits per heavy atom. The molecule has 36 heteroatoms. The number of carboxylic acids is 1. The Kier molecular flexibility index (Phi) is 39.3. The lowest BCUT2D eigenvalue weighted by Gasteiger charge is -2.24. The number of aromatic nitrogens is 6. The van der Waals surface area contributed by atoms with E-state index in [4.69, 9.17) is 37.8 Å². The van der Waals surface area contributed by atoms with E-state index in [1.807, 2.05) is 57.2 Å². The molecule has 622 valence electrons. The smallest absolute Gasteiger partial charge is 0.327 e. The molecule has 8 aromatic carbocycles. The van der Waals surface area contributed by atoms with Crippen LogP contribution in [0.5, 0.6) is 0 Å². The number of carbonyl (C=O) groups excluding carboxylic acids is 6. The molecule has 6 heterocycles. The highest BCUT2D eigenvalue weighted by Crippen LogP contribution is 2.34. The van der Waals surface area contributed by atoms with Crippen LogP contribution >= 0.6 is 65.0 Å². The van der Waals surface area contributed by atoms with Gasteiger partial charge in [0.25, 0.3) is 0 Å². The van der Waals surface area contributed by atoms with E-state index >= 15 is 4.39 Å². The first-order valence-corrected chi connectivity index (χ1v) is 41.2. The number of ether oxygens (including phenoxy) is 2. The van der Waals surface area contributed by atoms with Crippen LogP contribution in [0.1, 0.15) is 71.1 Å². The van der Waals surface area contributed by atoms with Gasteiger partial charge in [-0.3, -0.25) is 47.3 Å². The number of hydrogen-bond donors (Lipinski definition) is 6. The number of aliphatic carboxylic acids is 1. The van der Waals surface area contributed by atoms with Gasteiger partial charge in [0.2, 0.25) is 11.8 Å². The fourth-order valence-electron chi connectivity index (χ4n) is 12.3. The van der Waals surface area contributed by atoms with Gasteiger partial charge in [0, 0.05) is 124 Å². The van der Waals surface area contributed by atoms with Gasteiger partial charge in [0.05, 0.1) is 58.1 Å². The number of Topliss-reactive ketones (excluding diaryl/α,β-unsaturated/α-hetero) is 2. The van der Waals surface area contributed by atoms with E-state index in [1.54, 1.807) is 160 Å². The van der Waals surface area contributed by atoms with Crippen molar-refractivity contribution in [1.82, 2.24) is 38.9 Å². The number of carbonyl (C=O) groups is 7. The first-order chi connectivity index (χ1) is 54.7. The Morgan fingerprint density at radius 3 is 1.37 bits per heavy atom. The third-order valence-corrected chi connectivity index (χ3v) is 18.3. The molecule has 14 rings (SSSR count). The summed E-state index contributed by atoms with van der Waals surface area (Å²) in [6, 6.07) is 50.7. The molecule has 2 saturated heterocycles. The molecule has 2 amide bonds. The number of rotatable bonds is 15. The molecule has 0 spiro atoms. The Labute approximate surface area is 724 Å². The van der Waals surface area contributed by atoms with Crippen LogP contribution in [-0.4, -0.2) is 134 Å². The molecule has 4 atom stereocenters. The Balaban J connectivity index is 0.000000262. The third-order valence-electron chi connectivity index (χ3n) is 17.1. The number of nitrogens with one attached hydrogen (secondary N) is 5. The summed E-state index contributed by atoms with van der Waals surface area (Å²) >= 11 is 30.9. The molecule has 3 aromatic heterocycles. The van der Waals surface area contributed by atoms with Gasteiger partial charge >= 0.3 is 35.0 Å². The molecule has 0 unspecified atom stereocenters. The number of fused-ring (bicyclic) bond motifs is 4. The molecular weight excluding hydrogens is 1760 g/mol. The molecule has 0 bridgehead atoms. The number of nitrogens with zero attached hydrogens (tertiary/aromatic N) is 4. The lowest BCUT2D eigenvalue weighted by atomic mass is 9.97. The molecule has 0 saturated carbocycles. The van der Waals surface area contributed by atoms with Crippen LogP contribution in [0, 0.1) is 11.6 Å². The number of hydrogen-bond acceptors (Lipinski definition) is 17. The number of likely N-dealkylation sites (tertiary alicyclic amines) is 1. The highest BCUT2D eigenvalue weighted by atomic mass is 79.9. The van der Waals surface area contributed by atoms with Crippen molar-refractivity contribution in [1.29, 1.82) is 0 Å².